The number of ether oxygens (including phenoxy) is 1. The van der Waals surface area contributed by atoms with Crippen molar-refractivity contribution in [3.05, 3.63) is 42.5 Å². The molecule has 1 aliphatic heterocycles. The van der Waals surface area contributed by atoms with Crippen molar-refractivity contribution in [1.82, 2.24) is 20.4 Å². The monoisotopic (exact) mass is 572 g/mol. The Morgan fingerprint density at radius 1 is 1.12 bits per heavy atom. The molecule has 0 bridgehead atoms. The number of carbonyl (C=O) groups excluding carboxylic acids is 5. The number of benzene rings is 1. The summed E-state index contributed by atoms with van der Waals surface area (Å²) in [4.78, 5) is 66.6. The van der Waals surface area contributed by atoms with E-state index in [4.69, 9.17) is 10.5 Å². The van der Waals surface area contributed by atoms with Crippen LogP contribution in [0.2, 0.25) is 0 Å². The molecule has 13 heteroatoms. The maximum atomic E-state index is 13.2. The second kappa shape index (κ2) is 14.6. The normalized spacial score (nSPS) is 17.8. The molecule has 6 N–H and O–H groups in total. The number of carbonyl (C=O) groups is 5. The van der Waals surface area contributed by atoms with Gasteiger partial charge in [-0.1, -0.05) is 31.2 Å². The van der Waals surface area contributed by atoms with E-state index in [9.17, 15) is 29.1 Å². The van der Waals surface area contributed by atoms with Crippen molar-refractivity contribution in [2.45, 2.75) is 44.2 Å². The highest BCUT2D eigenvalue weighted by atomic mass is 16.5. The van der Waals surface area contributed by atoms with Crippen LogP contribution in [-0.2, 0) is 23.9 Å². The summed E-state index contributed by atoms with van der Waals surface area (Å²) in [6.07, 6.45) is 1.86. The quantitative estimate of drug-likeness (QED) is 0.0965. The van der Waals surface area contributed by atoms with Gasteiger partial charge < -0.3 is 41.3 Å². The summed E-state index contributed by atoms with van der Waals surface area (Å²) in [5.74, 6) is -2.16. The number of aliphatic hydroxyl groups is 1. The second-order valence-electron chi connectivity index (χ2n) is 10.4. The summed E-state index contributed by atoms with van der Waals surface area (Å²) in [7, 11) is 1.98. The molecule has 224 valence electrons. The average Bonchev–Trinajstić information content (AvgIpc) is 2.92. The maximum absolute atomic E-state index is 13.2. The SMILES string of the molecule is C=CCOC(=O)C1(C(=O)N[C@@H](CCCNC(N)=O)C(=O)Nc2ccc(C(O)C(=O)N3CCN(C)CC3)cc2)CCC1. The van der Waals surface area contributed by atoms with Crippen molar-refractivity contribution in [2.24, 2.45) is 11.1 Å². The molecule has 1 saturated heterocycles. The van der Waals surface area contributed by atoms with Gasteiger partial charge in [-0.2, -0.15) is 0 Å². The lowest BCUT2D eigenvalue weighted by atomic mass is 9.68. The van der Waals surface area contributed by atoms with Gasteiger partial charge in [0.1, 0.15) is 18.1 Å². The molecule has 3 rings (SSSR count). The van der Waals surface area contributed by atoms with Gasteiger partial charge in [0.05, 0.1) is 0 Å². The third kappa shape index (κ3) is 8.27. The standard InChI is InChI=1S/C28H40N6O7/c1-3-18-41-26(39)28(11-5-12-28)25(38)32-21(6-4-13-30-27(29)40)23(36)31-20-9-7-19(8-10-20)22(35)24(37)34-16-14-33(2)15-17-34/h3,7-10,21-22,35H,1,4-6,11-18H2,2H3,(H,31,36)(H,32,38)(H3,29,30,40)/t21-,22?/m0/s1. The lowest BCUT2D eigenvalue weighted by Gasteiger charge is -2.38. The summed E-state index contributed by atoms with van der Waals surface area (Å²) in [6.45, 7) is 6.22. The molecule has 0 aromatic heterocycles. The second-order valence-corrected chi connectivity index (χ2v) is 10.4. The van der Waals surface area contributed by atoms with E-state index in [1.165, 1.54) is 6.08 Å². The minimum Gasteiger partial charge on any atom is -0.461 e. The molecule has 1 aromatic carbocycles. The number of rotatable bonds is 13. The Bertz CT molecular complexity index is 1110. The molecule has 1 aromatic rings. The highest BCUT2D eigenvalue weighted by Gasteiger charge is 2.52. The van der Waals surface area contributed by atoms with Crippen LogP contribution in [0.4, 0.5) is 10.5 Å². The molecule has 2 fully saturated rings. The van der Waals surface area contributed by atoms with E-state index >= 15 is 0 Å². The summed E-state index contributed by atoms with van der Waals surface area (Å²) < 4.78 is 5.14. The molecule has 1 aliphatic carbocycles. The van der Waals surface area contributed by atoms with Gasteiger partial charge in [0.25, 0.3) is 5.91 Å². The predicted octanol–water partition coefficient (Wildman–Crippen LogP) is 0.265. The first-order valence-corrected chi connectivity index (χ1v) is 13.8. The third-order valence-corrected chi connectivity index (χ3v) is 7.50. The fraction of sp³-hybridized carbons (Fsp3) is 0.536. The maximum Gasteiger partial charge on any atom is 0.321 e. The minimum absolute atomic E-state index is 0.0256. The fourth-order valence-corrected chi connectivity index (χ4v) is 4.73. The largest absolute Gasteiger partial charge is 0.461 e. The van der Waals surface area contributed by atoms with Gasteiger partial charge in [-0.3, -0.25) is 19.2 Å². The van der Waals surface area contributed by atoms with Gasteiger partial charge in [0.2, 0.25) is 11.8 Å². The van der Waals surface area contributed by atoms with Crippen molar-refractivity contribution in [3.63, 3.8) is 0 Å². The number of nitrogens with two attached hydrogens (primary N) is 1. The van der Waals surface area contributed by atoms with Crippen molar-refractivity contribution < 1.29 is 33.8 Å². The van der Waals surface area contributed by atoms with Crippen LogP contribution in [0, 0.1) is 5.41 Å². The highest BCUT2D eigenvalue weighted by molar-refractivity contribution is 6.06. The number of nitrogens with zero attached hydrogens (tertiary/aromatic N) is 2. The molecular formula is C28H40N6O7. The third-order valence-electron chi connectivity index (χ3n) is 7.50. The summed E-state index contributed by atoms with van der Waals surface area (Å²) in [5, 5.41) is 18.5. The summed E-state index contributed by atoms with van der Waals surface area (Å²) in [6, 6.07) is 4.49. The number of hydrogen-bond donors (Lipinski definition) is 5. The smallest absolute Gasteiger partial charge is 0.321 e. The van der Waals surface area contributed by atoms with Crippen molar-refractivity contribution in [2.75, 3.05) is 51.7 Å². The van der Waals surface area contributed by atoms with Crippen molar-refractivity contribution in [3.8, 4) is 0 Å². The number of piperazine rings is 1. The Hall–Kier alpha value is -3.97. The van der Waals surface area contributed by atoms with E-state index in [1.807, 2.05) is 7.05 Å². The van der Waals surface area contributed by atoms with Crippen LogP contribution < -0.4 is 21.7 Å². The zero-order chi connectivity index (χ0) is 30.0. The van der Waals surface area contributed by atoms with E-state index in [-0.39, 0.29) is 25.5 Å². The Kier molecular flexibility index (Phi) is 11.2. The van der Waals surface area contributed by atoms with Gasteiger partial charge in [0, 0.05) is 38.4 Å². The van der Waals surface area contributed by atoms with Gasteiger partial charge >= 0.3 is 12.0 Å². The van der Waals surface area contributed by atoms with Crippen LogP contribution in [0.1, 0.15) is 43.8 Å². The Labute approximate surface area is 239 Å². The number of esters is 1. The number of amides is 5. The van der Waals surface area contributed by atoms with E-state index in [2.05, 4.69) is 27.4 Å². The molecule has 0 spiro atoms. The fourth-order valence-electron chi connectivity index (χ4n) is 4.73. The lowest BCUT2D eigenvalue weighted by Crippen LogP contribution is -2.56. The molecule has 41 heavy (non-hydrogen) atoms. The first-order valence-electron chi connectivity index (χ1n) is 13.8. The number of likely N-dealkylation sites (N-methyl/N-ethyl adjacent to an activating group) is 1. The van der Waals surface area contributed by atoms with E-state index in [1.54, 1.807) is 29.2 Å². The van der Waals surface area contributed by atoms with Gasteiger partial charge in [0.15, 0.2) is 6.10 Å². The highest BCUT2D eigenvalue weighted by Crippen LogP contribution is 2.42. The van der Waals surface area contributed by atoms with Crippen LogP contribution in [-0.4, -0.2) is 97.0 Å². The number of aliphatic hydroxyl groups excluding tert-OH is 1. The Balaban J connectivity index is 1.65. The zero-order valence-corrected chi connectivity index (χ0v) is 23.4. The summed E-state index contributed by atoms with van der Waals surface area (Å²) in [5.41, 5.74) is 4.52. The lowest BCUT2D eigenvalue weighted by molar-refractivity contribution is -0.167. The van der Waals surface area contributed by atoms with E-state index < -0.39 is 41.4 Å². The summed E-state index contributed by atoms with van der Waals surface area (Å²) >= 11 is 0. The molecular weight excluding hydrogens is 532 g/mol. The van der Waals surface area contributed by atoms with Crippen LogP contribution >= 0.6 is 0 Å². The molecule has 5 amide bonds. The Morgan fingerprint density at radius 2 is 1.78 bits per heavy atom. The number of nitrogens with one attached hydrogen (secondary N) is 3. The topological polar surface area (TPSA) is 183 Å². The first-order chi connectivity index (χ1) is 19.6. The molecule has 2 atom stereocenters. The first kappa shape index (κ1) is 31.6. The average molecular weight is 573 g/mol. The van der Waals surface area contributed by atoms with Crippen molar-refractivity contribution >= 4 is 35.4 Å². The van der Waals surface area contributed by atoms with Crippen LogP contribution in [0.25, 0.3) is 0 Å². The molecule has 2 aliphatic rings. The zero-order valence-electron chi connectivity index (χ0n) is 23.4. The van der Waals surface area contributed by atoms with Crippen molar-refractivity contribution in [1.29, 1.82) is 0 Å². The van der Waals surface area contributed by atoms with Crippen LogP contribution in [0.3, 0.4) is 0 Å². The minimum atomic E-state index is -1.36. The Morgan fingerprint density at radius 3 is 2.34 bits per heavy atom. The van der Waals surface area contributed by atoms with Gasteiger partial charge in [-0.05, 0) is 50.4 Å². The molecule has 1 heterocycles. The van der Waals surface area contributed by atoms with Crippen LogP contribution in [0.5, 0.6) is 0 Å². The number of anilines is 1. The predicted molar refractivity (Wildman–Crippen MR) is 150 cm³/mol. The number of hydrogen-bond acceptors (Lipinski definition) is 8. The van der Waals surface area contributed by atoms with E-state index in [0.717, 1.165) is 13.1 Å². The molecule has 1 saturated carbocycles. The van der Waals surface area contributed by atoms with Gasteiger partial charge in [-0.15, -0.1) is 0 Å². The van der Waals surface area contributed by atoms with E-state index in [0.29, 0.717) is 50.0 Å². The molecule has 0 radical (unpaired) electrons. The number of primary amides is 1. The van der Waals surface area contributed by atoms with Gasteiger partial charge in [-0.25, -0.2) is 4.79 Å². The molecule has 1 unspecified atom stereocenters. The molecule has 13 nitrogen and oxygen atoms in total. The number of urea groups is 1. The van der Waals surface area contributed by atoms with Crippen LogP contribution in [0.15, 0.2) is 36.9 Å².